The van der Waals surface area contributed by atoms with Crippen molar-refractivity contribution in [2.45, 2.75) is 17.4 Å². The van der Waals surface area contributed by atoms with Crippen LogP contribution in [-0.2, 0) is 16.5 Å². The Morgan fingerprint density at radius 2 is 1.46 bits per heavy atom. The van der Waals surface area contributed by atoms with Gasteiger partial charge in [-0.1, -0.05) is 60.7 Å². The molecule has 3 rings (SSSR count). The summed E-state index contributed by atoms with van der Waals surface area (Å²) in [6, 6.07) is 24.5. The van der Waals surface area contributed by atoms with Crippen LogP contribution in [0.15, 0.2) is 89.8 Å². The molecule has 0 bridgehead atoms. The maximum atomic E-state index is 12.2. The molecule has 0 aliphatic heterocycles. The van der Waals surface area contributed by atoms with Crippen LogP contribution >= 0.6 is 0 Å². The molecule has 0 heterocycles. The standard InChI is InChI=1S/C22H23NO4S/c24-22(17-23-16-15-18-7-3-1-4-8-18)19-11-13-20(14-12-19)27-28(25,26)21-9-5-2-6-10-21/h1-14,22-24H,15-17H2/t22-/m1/s1. The summed E-state index contributed by atoms with van der Waals surface area (Å²) in [7, 11) is -3.87. The number of benzene rings is 3. The topological polar surface area (TPSA) is 75.6 Å². The predicted octanol–water partition coefficient (Wildman–Crippen LogP) is 3.32. The van der Waals surface area contributed by atoms with Crippen molar-refractivity contribution < 1.29 is 17.7 Å². The first kappa shape index (κ1) is 20.1. The van der Waals surface area contributed by atoms with Gasteiger partial charge in [-0.05, 0) is 48.4 Å². The fourth-order valence-corrected chi connectivity index (χ4v) is 3.69. The molecule has 0 aliphatic carbocycles. The van der Waals surface area contributed by atoms with Gasteiger partial charge in [0.05, 0.1) is 6.10 Å². The zero-order valence-corrected chi connectivity index (χ0v) is 16.2. The van der Waals surface area contributed by atoms with Crippen molar-refractivity contribution in [2.75, 3.05) is 13.1 Å². The van der Waals surface area contributed by atoms with E-state index >= 15 is 0 Å². The largest absolute Gasteiger partial charge is 0.387 e. The quantitative estimate of drug-likeness (QED) is 0.428. The van der Waals surface area contributed by atoms with Crippen molar-refractivity contribution in [3.05, 3.63) is 96.1 Å². The second kappa shape index (κ2) is 9.50. The molecular formula is C22H23NO4S. The highest BCUT2D eigenvalue weighted by Crippen LogP contribution is 2.21. The summed E-state index contributed by atoms with van der Waals surface area (Å²) in [6.45, 7) is 1.17. The number of hydrogen-bond acceptors (Lipinski definition) is 5. The molecule has 0 aromatic heterocycles. The first-order chi connectivity index (χ1) is 13.5. The first-order valence-corrected chi connectivity index (χ1v) is 10.5. The number of nitrogens with one attached hydrogen (secondary N) is 1. The molecule has 0 amide bonds. The van der Waals surface area contributed by atoms with Gasteiger partial charge in [0.2, 0.25) is 0 Å². The van der Waals surface area contributed by atoms with Crippen LogP contribution in [-0.4, -0.2) is 26.6 Å². The summed E-state index contributed by atoms with van der Waals surface area (Å²) in [5.41, 5.74) is 1.93. The van der Waals surface area contributed by atoms with Gasteiger partial charge >= 0.3 is 10.1 Å². The Morgan fingerprint density at radius 3 is 2.11 bits per heavy atom. The molecule has 3 aromatic carbocycles. The molecule has 0 radical (unpaired) electrons. The second-order valence-electron chi connectivity index (χ2n) is 6.38. The van der Waals surface area contributed by atoms with Gasteiger partial charge in [-0.15, -0.1) is 0 Å². The molecule has 1 atom stereocenters. The van der Waals surface area contributed by atoms with Gasteiger partial charge in [0.1, 0.15) is 10.6 Å². The van der Waals surface area contributed by atoms with Crippen molar-refractivity contribution in [1.82, 2.24) is 5.32 Å². The Labute approximate surface area is 165 Å². The smallest absolute Gasteiger partial charge is 0.339 e. The monoisotopic (exact) mass is 397 g/mol. The average molecular weight is 397 g/mol. The Balaban J connectivity index is 1.50. The van der Waals surface area contributed by atoms with E-state index in [9.17, 15) is 13.5 Å². The van der Waals surface area contributed by atoms with Crippen molar-refractivity contribution in [1.29, 1.82) is 0 Å². The minimum Gasteiger partial charge on any atom is -0.387 e. The molecule has 146 valence electrons. The third-order valence-corrected chi connectivity index (χ3v) is 5.54. The Kier molecular flexibility index (Phi) is 6.81. The van der Waals surface area contributed by atoms with Crippen LogP contribution in [0.1, 0.15) is 17.2 Å². The lowest BCUT2D eigenvalue weighted by atomic mass is 10.1. The van der Waals surface area contributed by atoms with Gasteiger partial charge in [-0.2, -0.15) is 8.42 Å². The summed E-state index contributed by atoms with van der Waals surface area (Å²) in [5.74, 6) is 0.205. The van der Waals surface area contributed by atoms with E-state index in [1.165, 1.54) is 17.7 Å². The van der Waals surface area contributed by atoms with Gasteiger partial charge in [0.15, 0.2) is 0 Å². The molecule has 2 N–H and O–H groups in total. The van der Waals surface area contributed by atoms with Gasteiger partial charge in [-0.25, -0.2) is 0 Å². The van der Waals surface area contributed by atoms with Gasteiger partial charge in [0, 0.05) is 6.54 Å². The van der Waals surface area contributed by atoms with Crippen molar-refractivity contribution in [2.24, 2.45) is 0 Å². The number of hydrogen-bond donors (Lipinski definition) is 2. The highest BCUT2D eigenvalue weighted by Gasteiger charge is 2.16. The molecule has 0 fully saturated rings. The van der Waals surface area contributed by atoms with Crippen LogP contribution in [0.5, 0.6) is 5.75 Å². The van der Waals surface area contributed by atoms with Crippen molar-refractivity contribution in [3.63, 3.8) is 0 Å². The van der Waals surface area contributed by atoms with Crippen LogP contribution in [0.2, 0.25) is 0 Å². The Bertz CT molecular complexity index is 958. The van der Waals surface area contributed by atoms with Crippen LogP contribution in [0.25, 0.3) is 0 Å². The summed E-state index contributed by atoms with van der Waals surface area (Å²) in [5, 5.41) is 13.5. The van der Waals surface area contributed by atoms with Crippen LogP contribution < -0.4 is 9.50 Å². The normalized spacial score (nSPS) is 12.5. The summed E-state index contributed by atoms with van der Waals surface area (Å²) in [4.78, 5) is 0.0988. The van der Waals surface area contributed by atoms with E-state index < -0.39 is 16.2 Å². The van der Waals surface area contributed by atoms with E-state index in [0.717, 1.165) is 13.0 Å². The molecule has 6 heteroatoms. The maximum absolute atomic E-state index is 12.2. The minimum absolute atomic E-state index is 0.0988. The Hall–Kier alpha value is -2.67. The van der Waals surface area contributed by atoms with Crippen LogP contribution in [0.3, 0.4) is 0 Å². The zero-order chi connectivity index (χ0) is 19.8. The van der Waals surface area contributed by atoms with E-state index in [1.54, 1.807) is 42.5 Å². The lowest BCUT2D eigenvalue weighted by Gasteiger charge is -2.13. The van der Waals surface area contributed by atoms with E-state index in [2.05, 4.69) is 17.4 Å². The molecule has 0 aliphatic rings. The summed E-state index contributed by atoms with van der Waals surface area (Å²) in [6.07, 6.45) is 0.202. The average Bonchev–Trinajstić information content (AvgIpc) is 2.73. The molecular weight excluding hydrogens is 374 g/mol. The maximum Gasteiger partial charge on any atom is 0.339 e. The SMILES string of the molecule is O=S(=O)(Oc1ccc([C@H](O)CNCCc2ccccc2)cc1)c1ccccc1. The van der Waals surface area contributed by atoms with E-state index in [0.29, 0.717) is 12.1 Å². The van der Waals surface area contributed by atoms with E-state index in [4.69, 9.17) is 4.18 Å². The highest BCUT2D eigenvalue weighted by molar-refractivity contribution is 7.87. The molecule has 0 saturated heterocycles. The second-order valence-corrected chi connectivity index (χ2v) is 7.92. The summed E-state index contributed by atoms with van der Waals surface area (Å²) < 4.78 is 29.6. The van der Waals surface area contributed by atoms with Gasteiger partial charge < -0.3 is 14.6 Å². The number of rotatable bonds is 9. The minimum atomic E-state index is -3.87. The first-order valence-electron chi connectivity index (χ1n) is 9.07. The molecule has 5 nitrogen and oxygen atoms in total. The van der Waals surface area contributed by atoms with Gasteiger partial charge in [-0.3, -0.25) is 0 Å². The lowest BCUT2D eigenvalue weighted by molar-refractivity contribution is 0.175. The molecule has 0 spiro atoms. The molecule has 3 aromatic rings. The van der Waals surface area contributed by atoms with Gasteiger partial charge in [0.25, 0.3) is 0 Å². The molecule has 28 heavy (non-hydrogen) atoms. The number of aliphatic hydroxyl groups excluding tert-OH is 1. The molecule has 0 saturated carbocycles. The van der Waals surface area contributed by atoms with Crippen LogP contribution in [0.4, 0.5) is 0 Å². The van der Waals surface area contributed by atoms with E-state index in [-0.39, 0.29) is 10.6 Å². The zero-order valence-electron chi connectivity index (χ0n) is 15.4. The third kappa shape index (κ3) is 5.66. The highest BCUT2D eigenvalue weighted by atomic mass is 32.2. The van der Waals surface area contributed by atoms with E-state index in [1.807, 2.05) is 18.2 Å². The summed E-state index contributed by atoms with van der Waals surface area (Å²) >= 11 is 0. The number of aliphatic hydroxyl groups is 1. The fraction of sp³-hybridized carbons (Fsp3) is 0.182. The lowest BCUT2D eigenvalue weighted by Crippen LogP contribution is -2.23. The fourth-order valence-electron chi connectivity index (χ4n) is 2.74. The van der Waals surface area contributed by atoms with Crippen LogP contribution in [0, 0.1) is 0 Å². The predicted molar refractivity (Wildman–Crippen MR) is 109 cm³/mol. The third-order valence-electron chi connectivity index (χ3n) is 4.27. The van der Waals surface area contributed by atoms with Crippen molar-refractivity contribution in [3.8, 4) is 5.75 Å². The van der Waals surface area contributed by atoms with Crippen molar-refractivity contribution >= 4 is 10.1 Å². The Morgan fingerprint density at radius 1 is 0.857 bits per heavy atom. The molecule has 0 unspecified atom stereocenters.